The van der Waals surface area contributed by atoms with Gasteiger partial charge in [-0.25, -0.2) is 0 Å². The molecule has 1 saturated carbocycles. The molecule has 1 N–H and O–H groups in total. The van der Waals surface area contributed by atoms with Crippen molar-refractivity contribution in [3.8, 4) is 0 Å². The van der Waals surface area contributed by atoms with Crippen LogP contribution in [-0.2, 0) is 9.59 Å². The van der Waals surface area contributed by atoms with Gasteiger partial charge < -0.3 is 10.2 Å². The van der Waals surface area contributed by atoms with Crippen molar-refractivity contribution in [2.45, 2.75) is 57.4 Å². The highest BCUT2D eigenvalue weighted by molar-refractivity contribution is 6.07. The van der Waals surface area contributed by atoms with E-state index < -0.39 is 0 Å². The normalized spacial score (nSPS) is 29.4. The molecule has 1 aliphatic carbocycles. The van der Waals surface area contributed by atoms with Gasteiger partial charge in [0.05, 0.1) is 5.92 Å². The molecule has 0 bridgehead atoms. The molecule has 134 valence electrons. The number of rotatable bonds is 5. The van der Waals surface area contributed by atoms with Crippen LogP contribution in [0.15, 0.2) is 24.3 Å². The summed E-state index contributed by atoms with van der Waals surface area (Å²) in [5.74, 6) is 1.34. The van der Waals surface area contributed by atoms with Crippen molar-refractivity contribution in [1.29, 1.82) is 0 Å². The second-order valence-electron chi connectivity index (χ2n) is 8.06. The van der Waals surface area contributed by atoms with Gasteiger partial charge in [0.1, 0.15) is 5.78 Å². The Morgan fingerprint density at radius 2 is 1.88 bits per heavy atom. The number of nitrogens with one attached hydrogen (secondary N) is 1. The zero-order chi connectivity index (χ0) is 17.4. The zero-order valence-electron chi connectivity index (χ0n) is 15.0. The Labute approximate surface area is 150 Å². The molecule has 3 aliphatic rings. The quantitative estimate of drug-likeness (QED) is 0.895. The number of piperidine rings is 1. The van der Waals surface area contributed by atoms with Gasteiger partial charge >= 0.3 is 0 Å². The lowest BCUT2D eigenvalue weighted by Crippen LogP contribution is -2.45. The van der Waals surface area contributed by atoms with Crippen molar-refractivity contribution in [1.82, 2.24) is 5.32 Å². The van der Waals surface area contributed by atoms with Gasteiger partial charge in [0, 0.05) is 24.6 Å². The lowest BCUT2D eigenvalue weighted by Gasteiger charge is -2.33. The van der Waals surface area contributed by atoms with E-state index in [1.54, 1.807) is 0 Å². The minimum absolute atomic E-state index is 0.142. The van der Waals surface area contributed by atoms with E-state index in [0.29, 0.717) is 24.7 Å². The summed E-state index contributed by atoms with van der Waals surface area (Å²) in [6, 6.07) is 8.34. The highest BCUT2D eigenvalue weighted by Gasteiger charge is 2.42. The molecule has 0 spiro atoms. The summed E-state index contributed by atoms with van der Waals surface area (Å²) in [7, 11) is 0. The molecule has 4 rings (SSSR count). The van der Waals surface area contributed by atoms with E-state index in [4.69, 9.17) is 0 Å². The number of hydrogen-bond acceptors (Lipinski definition) is 3. The molecule has 2 heterocycles. The maximum absolute atomic E-state index is 13.2. The third-order valence-corrected chi connectivity index (χ3v) is 6.50. The molecule has 4 heteroatoms. The molecule has 0 radical (unpaired) electrons. The summed E-state index contributed by atoms with van der Waals surface area (Å²) >= 11 is 0. The van der Waals surface area contributed by atoms with Crippen molar-refractivity contribution in [2.75, 3.05) is 18.0 Å². The summed E-state index contributed by atoms with van der Waals surface area (Å²) in [6.45, 7) is 4.15. The third-order valence-electron chi connectivity index (χ3n) is 6.50. The molecule has 1 aromatic rings. The number of fused-ring (bicyclic) bond motifs is 1. The fourth-order valence-electron chi connectivity index (χ4n) is 4.70. The van der Waals surface area contributed by atoms with Crippen LogP contribution in [0.2, 0.25) is 0 Å². The van der Waals surface area contributed by atoms with E-state index in [1.807, 2.05) is 29.2 Å². The number of carbonyl (C=O) groups excluding carboxylic acids is 2. The molecule has 2 fully saturated rings. The molecule has 1 saturated heterocycles. The number of carbonyl (C=O) groups is 2. The molecule has 1 amide bonds. The molecule has 2 aliphatic heterocycles. The van der Waals surface area contributed by atoms with Crippen LogP contribution in [0.5, 0.6) is 0 Å². The fraction of sp³-hybridized carbons (Fsp3) is 0.619. The van der Waals surface area contributed by atoms with Crippen LogP contribution < -0.4 is 10.2 Å². The minimum Gasteiger partial charge on any atom is -0.317 e. The lowest BCUT2D eigenvalue weighted by atomic mass is 9.72. The predicted octanol–water partition coefficient (Wildman–Crippen LogP) is 3.26. The molecule has 3 unspecified atom stereocenters. The number of para-hydroxylation sites is 1. The zero-order valence-corrected chi connectivity index (χ0v) is 15.0. The van der Waals surface area contributed by atoms with Crippen molar-refractivity contribution in [2.24, 2.45) is 11.8 Å². The van der Waals surface area contributed by atoms with E-state index in [-0.39, 0.29) is 23.7 Å². The van der Waals surface area contributed by atoms with Crippen LogP contribution in [0.1, 0.15) is 56.9 Å². The van der Waals surface area contributed by atoms with E-state index in [9.17, 15) is 9.59 Å². The Morgan fingerprint density at radius 1 is 1.12 bits per heavy atom. The minimum atomic E-state index is -0.269. The van der Waals surface area contributed by atoms with Crippen LogP contribution in [0.4, 0.5) is 5.69 Å². The van der Waals surface area contributed by atoms with Gasteiger partial charge in [0.15, 0.2) is 0 Å². The Hall–Kier alpha value is -1.68. The number of ketones is 1. The van der Waals surface area contributed by atoms with Crippen molar-refractivity contribution in [3.05, 3.63) is 29.8 Å². The SMILES string of the molecule is CC1CCC1CC(=O)CC1C(=O)N(C2CCNCC2)c2ccccc21. The third kappa shape index (κ3) is 3.12. The first-order valence-corrected chi connectivity index (χ1v) is 9.79. The van der Waals surface area contributed by atoms with Gasteiger partial charge in [-0.3, -0.25) is 9.59 Å². The molecule has 25 heavy (non-hydrogen) atoms. The summed E-state index contributed by atoms with van der Waals surface area (Å²) in [4.78, 5) is 27.8. The largest absolute Gasteiger partial charge is 0.317 e. The van der Waals surface area contributed by atoms with Crippen LogP contribution in [0.25, 0.3) is 0 Å². The van der Waals surface area contributed by atoms with Crippen LogP contribution >= 0.6 is 0 Å². The predicted molar refractivity (Wildman–Crippen MR) is 98.7 cm³/mol. The second kappa shape index (κ2) is 6.91. The highest BCUT2D eigenvalue weighted by atomic mass is 16.2. The monoisotopic (exact) mass is 340 g/mol. The average molecular weight is 340 g/mol. The average Bonchev–Trinajstić information content (AvgIpc) is 2.91. The maximum atomic E-state index is 13.2. The smallest absolute Gasteiger partial charge is 0.235 e. The Kier molecular flexibility index (Phi) is 4.63. The summed E-state index contributed by atoms with van der Waals surface area (Å²) in [6.07, 6.45) is 5.41. The van der Waals surface area contributed by atoms with E-state index in [1.165, 1.54) is 12.8 Å². The number of nitrogens with zero attached hydrogens (tertiary/aromatic N) is 1. The fourth-order valence-corrected chi connectivity index (χ4v) is 4.70. The summed E-state index contributed by atoms with van der Waals surface area (Å²) in [5.41, 5.74) is 2.09. The first-order valence-electron chi connectivity index (χ1n) is 9.79. The summed E-state index contributed by atoms with van der Waals surface area (Å²) < 4.78 is 0. The Bertz CT molecular complexity index is 666. The van der Waals surface area contributed by atoms with Crippen molar-refractivity contribution in [3.63, 3.8) is 0 Å². The number of hydrogen-bond donors (Lipinski definition) is 1. The van der Waals surface area contributed by atoms with Crippen LogP contribution in [0, 0.1) is 11.8 Å². The van der Waals surface area contributed by atoms with Crippen LogP contribution in [0.3, 0.4) is 0 Å². The number of amides is 1. The molecule has 0 aromatic heterocycles. The van der Waals surface area contributed by atoms with Gasteiger partial charge in [0.25, 0.3) is 0 Å². The van der Waals surface area contributed by atoms with Gasteiger partial charge in [0.2, 0.25) is 5.91 Å². The van der Waals surface area contributed by atoms with E-state index in [2.05, 4.69) is 12.2 Å². The first kappa shape index (κ1) is 16.8. The van der Waals surface area contributed by atoms with Crippen LogP contribution in [-0.4, -0.2) is 30.8 Å². The Balaban J connectivity index is 1.52. The number of Topliss-reactive ketones (excluding diaryl/α,β-unsaturated/α-hetero) is 1. The standard InChI is InChI=1S/C21H28N2O2/c1-14-6-7-15(14)12-17(24)13-19-18-4-2-3-5-20(18)23(21(19)25)16-8-10-22-11-9-16/h2-5,14-16,19,22H,6-13H2,1H3. The lowest BCUT2D eigenvalue weighted by molar-refractivity contribution is -0.126. The molecule has 3 atom stereocenters. The molecule has 1 aromatic carbocycles. The Morgan fingerprint density at radius 3 is 2.56 bits per heavy atom. The van der Waals surface area contributed by atoms with Crippen molar-refractivity contribution >= 4 is 17.4 Å². The molecular formula is C21H28N2O2. The second-order valence-corrected chi connectivity index (χ2v) is 8.06. The number of benzene rings is 1. The van der Waals surface area contributed by atoms with Gasteiger partial charge in [-0.05, 0) is 55.8 Å². The number of anilines is 1. The topological polar surface area (TPSA) is 49.4 Å². The van der Waals surface area contributed by atoms with Gasteiger partial charge in [-0.1, -0.05) is 31.5 Å². The highest BCUT2D eigenvalue weighted by Crippen LogP contribution is 2.43. The van der Waals surface area contributed by atoms with E-state index >= 15 is 0 Å². The van der Waals surface area contributed by atoms with Crippen molar-refractivity contribution < 1.29 is 9.59 Å². The molecular weight excluding hydrogens is 312 g/mol. The summed E-state index contributed by atoms with van der Waals surface area (Å²) in [5, 5.41) is 3.37. The van der Waals surface area contributed by atoms with Gasteiger partial charge in [-0.15, -0.1) is 0 Å². The van der Waals surface area contributed by atoms with Gasteiger partial charge in [-0.2, -0.15) is 0 Å². The maximum Gasteiger partial charge on any atom is 0.235 e. The van der Waals surface area contributed by atoms with E-state index in [0.717, 1.165) is 37.2 Å². The molecule has 4 nitrogen and oxygen atoms in total. The first-order chi connectivity index (χ1) is 12.1.